The second kappa shape index (κ2) is 8.53. The molecule has 33 heavy (non-hydrogen) atoms. The molecular formula is C28H24NO3P. The molecule has 0 bridgehead atoms. The molecule has 4 nitrogen and oxygen atoms in total. The fourth-order valence-corrected chi connectivity index (χ4v) is 7.20. The van der Waals surface area contributed by atoms with Gasteiger partial charge in [0.2, 0.25) is 12.7 Å². The maximum atomic E-state index is 5.99. The van der Waals surface area contributed by atoms with Gasteiger partial charge in [-0.1, -0.05) is 72.8 Å². The third kappa shape index (κ3) is 3.75. The van der Waals surface area contributed by atoms with Gasteiger partial charge < -0.3 is 14.2 Å². The molecule has 1 aliphatic carbocycles. The highest BCUT2D eigenvalue weighted by atomic mass is 31.1. The Kier molecular flexibility index (Phi) is 5.24. The summed E-state index contributed by atoms with van der Waals surface area (Å²) in [6.45, 7) is 2.95. The predicted octanol–water partition coefficient (Wildman–Crippen LogP) is 5.43. The molecule has 0 saturated carbocycles. The molecular weight excluding hydrogens is 429 g/mol. The van der Waals surface area contributed by atoms with Crippen molar-refractivity contribution >= 4 is 24.4 Å². The van der Waals surface area contributed by atoms with Crippen LogP contribution in [0.15, 0.2) is 101 Å². The van der Waals surface area contributed by atoms with Crippen LogP contribution in [-0.4, -0.2) is 18.7 Å². The van der Waals surface area contributed by atoms with Crippen molar-refractivity contribution in [3.05, 3.63) is 107 Å². The highest BCUT2D eigenvalue weighted by Gasteiger charge is 2.29. The van der Waals surface area contributed by atoms with Gasteiger partial charge in [-0.25, -0.2) is 4.99 Å². The molecule has 0 N–H and O–H groups in total. The summed E-state index contributed by atoms with van der Waals surface area (Å²) < 4.78 is 17.1. The lowest BCUT2D eigenvalue weighted by atomic mass is 10.1. The molecule has 0 radical (unpaired) electrons. The molecule has 3 aliphatic rings. The quantitative estimate of drug-likeness (QED) is 0.484. The first-order valence-corrected chi connectivity index (χ1v) is 12.6. The monoisotopic (exact) mass is 453 g/mol. The van der Waals surface area contributed by atoms with Crippen LogP contribution in [0.3, 0.4) is 0 Å². The normalized spacial score (nSPS) is 18.2. The van der Waals surface area contributed by atoms with E-state index in [0.717, 1.165) is 29.0 Å². The van der Waals surface area contributed by atoms with Crippen LogP contribution in [0.4, 0.5) is 0 Å². The molecule has 0 saturated heterocycles. The molecule has 1 atom stereocenters. The van der Waals surface area contributed by atoms with Crippen LogP contribution in [0.25, 0.3) is 0 Å². The van der Waals surface area contributed by atoms with Gasteiger partial charge in [-0.05, 0) is 54.9 Å². The molecule has 164 valence electrons. The average Bonchev–Trinajstić information content (AvgIpc) is 3.60. The van der Waals surface area contributed by atoms with E-state index in [1.165, 1.54) is 21.5 Å². The minimum absolute atomic E-state index is 0.0115. The Morgan fingerprint density at radius 2 is 1.48 bits per heavy atom. The Morgan fingerprint density at radius 1 is 0.818 bits per heavy atom. The van der Waals surface area contributed by atoms with Gasteiger partial charge in [0.25, 0.3) is 0 Å². The molecule has 3 aromatic carbocycles. The number of rotatable bonds is 5. The van der Waals surface area contributed by atoms with Crippen molar-refractivity contribution < 1.29 is 14.2 Å². The van der Waals surface area contributed by atoms with Gasteiger partial charge in [-0.2, -0.15) is 0 Å². The van der Waals surface area contributed by atoms with E-state index in [9.17, 15) is 0 Å². The molecule has 0 aromatic heterocycles. The summed E-state index contributed by atoms with van der Waals surface area (Å²) in [6, 6.07) is 25.6. The molecule has 6 rings (SSSR count). The second-order valence-electron chi connectivity index (χ2n) is 8.25. The Balaban J connectivity index is 1.34. The lowest BCUT2D eigenvalue weighted by molar-refractivity contribution is 0.173. The number of nitrogens with zero attached hydrogens (tertiary/aromatic N) is 1. The molecule has 0 amide bonds. The Hall–Kier alpha value is -3.36. The Labute approximate surface area is 195 Å². The van der Waals surface area contributed by atoms with Gasteiger partial charge >= 0.3 is 0 Å². The van der Waals surface area contributed by atoms with Gasteiger partial charge in [-0.3, -0.25) is 0 Å². The van der Waals surface area contributed by atoms with Gasteiger partial charge in [-0.15, -0.1) is 0 Å². The third-order valence-electron chi connectivity index (χ3n) is 6.17. The van der Waals surface area contributed by atoms with E-state index < -0.39 is 7.92 Å². The van der Waals surface area contributed by atoms with Crippen molar-refractivity contribution in [3.8, 4) is 11.5 Å². The third-order valence-corrected chi connectivity index (χ3v) is 8.72. The lowest BCUT2D eigenvalue weighted by Crippen LogP contribution is -2.16. The summed E-state index contributed by atoms with van der Waals surface area (Å²) in [5.74, 6) is 2.23. The fraction of sp³-hybridized carbons (Fsp3) is 0.179. The highest BCUT2D eigenvalue weighted by Crippen LogP contribution is 2.50. The van der Waals surface area contributed by atoms with Crippen LogP contribution in [0.1, 0.15) is 24.5 Å². The lowest BCUT2D eigenvalue weighted by Gasteiger charge is -2.24. The predicted molar refractivity (Wildman–Crippen MR) is 133 cm³/mol. The summed E-state index contributed by atoms with van der Waals surface area (Å²) in [4.78, 5) is 5.04. The maximum absolute atomic E-state index is 5.99. The minimum Gasteiger partial charge on any atom is -0.473 e. The smallest absolute Gasteiger partial charge is 0.231 e. The number of aliphatic imine (C=N–C) groups is 1. The van der Waals surface area contributed by atoms with Gasteiger partial charge in [0, 0.05) is 11.1 Å². The van der Waals surface area contributed by atoms with Gasteiger partial charge in [0.1, 0.15) is 6.61 Å². The van der Waals surface area contributed by atoms with E-state index in [1.807, 2.05) is 12.1 Å². The van der Waals surface area contributed by atoms with Crippen molar-refractivity contribution in [1.82, 2.24) is 0 Å². The van der Waals surface area contributed by atoms with Crippen molar-refractivity contribution in [1.29, 1.82) is 0 Å². The first kappa shape index (κ1) is 20.3. The second-order valence-corrected chi connectivity index (χ2v) is 10.4. The maximum Gasteiger partial charge on any atom is 0.231 e. The van der Waals surface area contributed by atoms with E-state index in [-0.39, 0.29) is 12.8 Å². The van der Waals surface area contributed by atoms with E-state index in [1.54, 1.807) is 0 Å². The Morgan fingerprint density at radius 3 is 2.18 bits per heavy atom. The molecule has 2 aliphatic heterocycles. The van der Waals surface area contributed by atoms with Crippen molar-refractivity contribution in [2.24, 2.45) is 4.99 Å². The molecule has 3 aromatic rings. The fourth-order valence-electron chi connectivity index (χ4n) is 4.58. The topological polar surface area (TPSA) is 40.0 Å². The first-order chi connectivity index (χ1) is 16.3. The van der Waals surface area contributed by atoms with Gasteiger partial charge in [0.05, 0.1) is 6.04 Å². The van der Waals surface area contributed by atoms with Crippen LogP contribution in [0, 0.1) is 0 Å². The summed E-state index contributed by atoms with van der Waals surface area (Å²) in [5.41, 5.74) is 3.39. The van der Waals surface area contributed by atoms with E-state index in [0.29, 0.717) is 12.5 Å². The van der Waals surface area contributed by atoms with E-state index in [2.05, 4.69) is 79.7 Å². The highest BCUT2D eigenvalue weighted by molar-refractivity contribution is 7.77. The number of allylic oxidation sites excluding steroid dienone is 2. The number of fused-ring (bicyclic) bond motifs is 2. The van der Waals surface area contributed by atoms with Crippen LogP contribution in [0.2, 0.25) is 0 Å². The minimum atomic E-state index is -0.652. The standard InChI is InChI=1S/C28H24NO3P/c1-19(29-28-24-16-26-25(31-18-32-26)15-20(24)17-30-28)23-13-8-14-27(23)33(21-9-4-2-5-10-21)22-11-6-3-7-12-22/h2-7,9-16,19H,8,17-18H2,1H3/b29-28-/t19-/m1/s1. The molecule has 0 unspecified atom stereocenters. The number of hydrogen-bond donors (Lipinski definition) is 0. The van der Waals surface area contributed by atoms with Crippen molar-refractivity contribution in [2.75, 3.05) is 6.79 Å². The van der Waals surface area contributed by atoms with Crippen molar-refractivity contribution in [2.45, 2.75) is 26.0 Å². The summed E-state index contributed by atoms with van der Waals surface area (Å²) >= 11 is 0. The number of ether oxygens (including phenoxy) is 3. The van der Waals surface area contributed by atoms with E-state index >= 15 is 0 Å². The van der Waals surface area contributed by atoms with Gasteiger partial charge in [0.15, 0.2) is 11.5 Å². The van der Waals surface area contributed by atoms with Crippen molar-refractivity contribution in [3.63, 3.8) is 0 Å². The van der Waals surface area contributed by atoms with Crippen LogP contribution in [-0.2, 0) is 11.3 Å². The summed E-state index contributed by atoms with van der Waals surface area (Å²) in [7, 11) is -0.652. The van der Waals surface area contributed by atoms with E-state index in [4.69, 9.17) is 19.2 Å². The average molecular weight is 453 g/mol. The molecule has 5 heteroatoms. The molecule has 0 spiro atoms. The zero-order valence-corrected chi connectivity index (χ0v) is 19.3. The summed E-state index contributed by atoms with van der Waals surface area (Å²) in [5, 5.41) is 4.10. The molecule has 0 fully saturated rings. The zero-order valence-electron chi connectivity index (χ0n) is 18.4. The van der Waals surface area contributed by atoms with Crippen LogP contribution >= 0.6 is 7.92 Å². The summed E-state index contributed by atoms with van der Waals surface area (Å²) in [6.07, 6.45) is 5.63. The first-order valence-electron chi connectivity index (χ1n) is 11.2. The molecule has 2 heterocycles. The van der Waals surface area contributed by atoms with Crippen LogP contribution in [0.5, 0.6) is 11.5 Å². The number of hydrogen-bond acceptors (Lipinski definition) is 4. The van der Waals surface area contributed by atoms with Crippen LogP contribution < -0.4 is 20.1 Å². The zero-order chi connectivity index (χ0) is 22.2. The number of benzene rings is 3. The SMILES string of the molecule is C[C@@H](/N=C1\OCc2cc3c(cc21)OCO3)C1=CCC=C1P(c1ccccc1)c1ccccc1. The Bertz CT molecular complexity index is 1240. The largest absolute Gasteiger partial charge is 0.473 e.